The molecule has 0 aliphatic carbocycles. The predicted octanol–water partition coefficient (Wildman–Crippen LogP) is 0.172. The van der Waals surface area contributed by atoms with Gasteiger partial charge in [0.25, 0.3) is 0 Å². The summed E-state index contributed by atoms with van der Waals surface area (Å²) in [5.74, 6) is -6.73. The molecule has 12 nitrogen and oxygen atoms in total. The maximum atomic E-state index is 12.5. The largest absolute Gasteiger partial charge is 0.466 e. The highest BCUT2D eigenvalue weighted by Gasteiger charge is 2.43. The van der Waals surface area contributed by atoms with E-state index in [1.54, 1.807) is 0 Å². The van der Waals surface area contributed by atoms with Gasteiger partial charge in [-0.3, -0.25) is 0 Å². The zero-order chi connectivity index (χ0) is 24.8. The summed E-state index contributed by atoms with van der Waals surface area (Å²) < 4.78 is 28.4. The maximum Gasteiger partial charge on any atom is 0.352 e. The van der Waals surface area contributed by atoms with Crippen molar-refractivity contribution >= 4 is 35.8 Å². The van der Waals surface area contributed by atoms with E-state index in [0.717, 1.165) is 14.2 Å². The van der Waals surface area contributed by atoms with Crippen molar-refractivity contribution in [2.75, 3.05) is 14.2 Å². The number of carbonyl (C=O) groups is 6. The maximum absolute atomic E-state index is 12.5. The highest BCUT2D eigenvalue weighted by atomic mass is 16.6. The van der Waals surface area contributed by atoms with Crippen LogP contribution in [0.2, 0.25) is 0 Å². The quantitative estimate of drug-likeness (QED) is 0.235. The topological polar surface area (TPSA) is 158 Å². The Kier molecular flexibility index (Phi) is 12.7. The van der Waals surface area contributed by atoms with Crippen LogP contribution in [-0.4, -0.2) is 74.5 Å². The minimum absolute atomic E-state index is 0.630. The first-order valence-corrected chi connectivity index (χ1v) is 9.25. The van der Waals surface area contributed by atoms with Crippen molar-refractivity contribution in [1.82, 2.24) is 0 Å². The summed E-state index contributed by atoms with van der Waals surface area (Å²) in [7, 11) is 2.14. The van der Waals surface area contributed by atoms with E-state index in [4.69, 9.17) is 18.9 Å². The van der Waals surface area contributed by atoms with Crippen molar-refractivity contribution in [1.29, 1.82) is 0 Å². The highest BCUT2D eigenvalue weighted by molar-refractivity contribution is 5.96. The standard InChI is InChI=1S/C20H26O12/c1-11(2)29-19(25)17(31-15(23)9-7-13(21)27-5)18(20(26)30-12(3)4)32-16(24)10-8-14(22)28-6/h7-12,17-18H,1-6H3/b9-7+,10-8+/t17-,18-/m1/s1. The fraction of sp³-hybridized carbons (Fsp3) is 0.500. The van der Waals surface area contributed by atoms with Gasteiger partial charge in [-0.15, -0.1) is 0 Å². The molecular formula is C20H26O12. The molecule has 0 amide bonds. The Hall–Kier alpha value is -3.70. The molecule has 0 bridgehead atoms. The SMILES string of the molecule is COC(=O)/C=C/C(=O)O[C@@H](C(=O)OC(C)C)[C@@H](OC(=O)/C=C/C(=O)OC)C(=O)OC(C)C. The third-order valence-electron chi connectivity index (χ3n) is 3.04. The molecular weight excluding hydrogens is 432 g/mol. The summed E-state index contributed by atoms with van der Waals surface area (Å²) >= 11 is 0. The monoisotopic (exact) mass is 458 g/mol. The van der Waals surface area contributed by atoms with Crippen LogP contribution in [0.25, 0.3) is 0 Å². The Morgan fingerprint density at radius 3 is 1.03 bits per heavy atom. The molecule has 0 aromatic heterocycles. The number of carbonyl (C=O) groups excluding carboxylic acids is 6. The third kappa shape index (κ3) is 11.5. The van der Waals surface area contributed by atoms with Crippen molar-refractivity contribution < 1.29 is 57.2 Å². The van der Waals surface area contributed by atoms with E-state index in [0.29, 0.717) is 24.3 Å². The average molecular weight is 458 g/mol. The van der Waals surface area contributed by atoms with E-state index in [-0.39, 0.29) is 0 Å². The Morgan fingerprint density at radius 1 is 0.500 bits per heavy atom. The van der Waals surface area contributed by atoms with E-state index in [9.17, 15) is 28.8 Å². The van der Waals surface area contributed by atoms with E-state index in [1.165, 1.54) is 27.7 Å². The molecule has 178 valence electrons. The zero-order valence-electron chi connectivity index (χ0n) is 18.5. The van der Waals surface area contributed by atoms with Gasteiger partial charge in [0.1, 0.15) is 0 Å². The van der Waals surface area contributed by atoms with Crippen LogP contribution in [0, 0.1) is 0 Å². The molecule has 0 aliphatic heterocycles. The molecule has 12 heteroatoms. The normalized spacial score (nSPS) is 12.9. The lowest BCUT2D eigenvalue weighted by molar-refractivity contribution is -0.191. The molecule has 0 rings (SSSR count). The number of ether oxygens (including phenoxy) is 6. The smallest absolute Gasteiger partial charge is 0.352 e. The van der Waals surface area contributed by atoms with Crippen molar-refractivity contribution in [3.05, 3.63) is 24.3 Å². The fourth-order valence-electron chi connectivity index (χ4n) is 1.80. The van der Waals surface area contributed by atoms with Crippen molar-refractivity contribution in [3.8, 4) is 0 Å². The molecule has 32 heavy (non-hydrogen) atoms. The summed E-state index contributed by atoms with van der Waals surface area (Å²) in [5.41, 5.74) is 0. The Labute approximate surface area is 184 Å². The second-order valence-electron chi connectivity index (χ2n) is 6.40. The van der Waals surface area contributed by atoms with Crippen LogP contribution < -0.4 is 0 Å². The number of methoxy groups -OCH3 is 2. The van der Waals surface area contributed by atoms with Crippen molar-refractivity contribution in [2.45, 2.75) is 52.1 Å². The molecule has 0 aromatic rings. The molecule has 0 radical (unpaired) electrons. The van der Waals surface area contributed by atoms with Crippen molar-refractivity contribution in [3.63, 3.8) is 0 Å². The Morgan fingerprint density at radius 2 is 0.781 bits per heavy atom. The summed E-state index contributed by atoms with van der Waals surface area (Å²) in [6, 6.07) is 0. The highest BCUT2D eigenvalue weighted by Crippen LogP contribution is 2.13. The first-order valence-electron chi connectivity index (χ1n) is 9.25. The summed E-state index contributed by atoms with van der Waals surface area (Å²) in [6.07, 6.45) is -2.88. The Balaban J connectivity index is 5.96. The molecule has 0 aromatic carbocycles. The number of rotatable bonds is 11. The first kappa shape index (κ1) is 28.3. The van der Waals surface area contributed by atoms with Gasteiger partial charge in [-0.1, -0.05) is 0 Å². The average Bonchev–Trinajstić information content (AvgIpc) is 2.71. The van der Waals surface area contributed by atoms with Crippen LogP contribution in [0.1, 0.15) is 27.7 Å². The van der Waals surface area contributed by atoms with Gasteiger partial charge in [-0.05, 0) is 27.7 Å². The van der Waals surface area contributed by atoms with Crippen LogP contribution >= 0.6 is 0 Å². The molecule has 0 unspecified atom stereocenters. The van der Waals surface area contributed by atoms with Gasteiger partial charge < -0.3 is 28.4 Å². The summed E-state index contributed by atoms with van der Waals surface area (Å²) in [4.78, 5) is 71.4. The molecule has 0 saturated carbocycles. The van der Waals surface area contributed by atoms with Crippen LogP contribution in [0.5, 0.6) is 0 Å². The van der Waals surface area contributed by atoms with E-state index < -0.39 is 60.2 Å². The molecule has 0 heterocycles. The van der Waals surface area contributed by atoms with E-state index >= 15 is 0 Å². The zero-order valence-corrected chi connectivity index (χ0v) is 18.5. The Bertz CT molecular complexity index is 699. The van der Waals surface area contributed by atoms with Gasteiger partial charge in [0.15, 0.2) is 0 Å². The van der Waals surface area contributed by atoms with Crippen molar-refractivity contribution in [2.24, 2.45) is 0 Å². The lowest BCUT2D eigenvalue weighted by Crippen LogP contribution is -2.48. The molecule has 0 fully saturated rings. The minimum Gasteiger partial charge on any atom is -0.466 e. The predicted molar refractivity (Wildman–Crippen MR) is 105 cm³/mol. The summed E-state index contributed by atoms with van der Waals surface area (Å²) in [5, 5.41) is 0. The lowest BCUT2D eigenvalue weighted by Gasteiger charge is -2.25. The number of hydrogen-bond donors (Lipinski definition) is 0. The molecule has 0 aliphatic rings. The third-order valence-corrected chi connectivity index (χ3v) is 3.04. The molecule has 0 saturated heterocycles. The number of hydrogen-bond acceptors (Lipinski definition) is 12. The number of esters is 6. The van der Waals surface area contributed by atoms with Crippen LogP contribution in [0.4, 0.5) is 0 Å². The van der Waals surface area contributed by atoms with Gasteiger partial charge in [0.2, 0.25) is 12.2 Å². The van der Waals surface area contributed by atoms with Crippen LogP contribution in [0.3, 0.4) is 0 Å². The van der Waals surface area contributed by atoms with Crippen LogP contribution in [-0.2, 0) is 57.2 Å². The summed E-state index contributed by atoms with van der Waals surface area (Å²) in [6.45, 7) is 5.95. The van der Waals surface area contributed by atoms with E-state index in [1.807, 2.05) is 0 Å². The van der Waals surface area contributed by atoms with Crippen LogP contribution in [0.15, 0.2) is 24.3 Å². The van der Waals surface area contributed by atoms with Gasteiger partial charge in [-0.25, -0.2) is 28.8 Å². The fourth-order valence-corrected chi connectivity index (χ4v) is 1.80. The molecule has 0 spiro atoms. The van der Waals surface area contributed by atoms with Gasteiger partial charge in [0.05, 0.1) is 26.4 Å². The lowest BCUT2D eigenvalue weighted by atomic mass is 10.2. The molecule has 2 atom stereocenters. The second kappa shape index (κ2) is 14.3. The van der Waals surface area contributed by atoms with Gasteiger partial charge in [-0.2, -0.15) is 0 Å². The van der Waals surface area contributed by atoms with E-state index in [2.05, 4.69) is 9.47 Å². The van der Waals surface area contributed by atoms with Gasteiger partial charge >= 0.3 is 35.8 Å². The molecule has 0 N–H and O–H groups in total. The minimum atomic E-state index is -2.09. The first-order chi connectivity index (χ1) is 14.9. The second-order valence-corrected chi connectivity index (χ2v) is 6.40. The van der Waals surface area contributed by atoms with Gasteiger partial charge in [0, 0.05) is 24.3 Å².